The fraction of sp³-hybridized carbons (Fsp3) is 0.480. The molecule has 2 amide bonds. The number of nitrogens with one attached hydrogen (secondary N) is 1. The summed E-state index contributed by atoms with van der Waals surface area (Å²) in [6.45, 7) is 7.14. The number of carbonyl (C=O) groups is 2. The first-order chi connectivity index (χ1) is 15.6. The van der Waals surface area contributed by atoms with Crippen LogP contribution < -0.4 is 10.1 Å². The summed E-state index contributed by atoms with van der Waals surface area (Å²) < 4.78 is 6.16. The molecule has 2 aromatic rings. The molecule has 2 aliphatic heterocycles. The van der Waals surface area contributed by atoms with Crippen LogP contribution in [0.1, 0.15) is 43.0 Å². The Morgan fingerprint density at radius 3 is 2.72 bits per heavy atom. The Morgan fingerprint density at radius 2 is 1.94 bits per heavy atom. The second-order valence-electron chi connectivity index (χ2n) is 8.51. The van der Waals surface area contributed by atoms with E-state index in [1.54, 1.807) is 12.4 Å². The molecule has 170 valence electrons. The lowest BCUT2D eigenvalue weighted by molar-refractivity contribution is -0.139. The summed E-state index contributed by atoms with van der Waals surface area (Å²) in [4.78, 5) is 33.0. The molecule has 1 N–H and O–H groups in total. The molecule has 2 aliphatic rings. The van der Waals surface area contributed by atoms with Crippen LogP contribution in [-0.2, 0) is 4.79 Å². The molecule has 0 aliphatic carbocycles. The van der Waals surface area contributed by atoms with Crippen molar-refractivity contribution in [1.29, 1.82) is 0 Å². The average Bonchev–Trinajstić information content (AvgIpc) is 3.32. The summed E-state index contributed by atoms with van der Waals surface area (Å²) in [5.41, 5.74) is 2.27. The summed E-state index contributed by atoms with van der Waals surface area (Å²) in [5.74, 6) is 0.791. The van der Waals surface area contributed by atoms with E-state index < -0.39 is 0 Å². The molecule has 7 nitrogen and oxygen atoms in total. The largest absolute Gasteiger partial charge is 0.486 e. The number of carbonyl (C=O) groups excluding carboxylic acids is 2. The number of rotatable bonds is 9. The summed E-state index contributed by atoms with van der Waals surface area (Å²) in [7, 11) is 0. The molecule has 1 aromatic heterocycles. The number of pyridine rings is 1. The number of nitrogens with zero attached hydrogens (tertiary/aromatic N) is 3. The van der Waals surface area contributed by atoms with Crippen LogP contribution >= 0.6 is 0 Å². The van der Waals surface area contributed by atoms with Gasteiger partial charge in [0.2, 0.25) is 5.91 Å². The van der Waals surface area contributed by atoms with Gasteiger partial charge in [-0.25, -0.2) is 0 Å². The molecule has 0 atom stereocenters. The van der Waals surface area contributed by atoms with Crippen molar-refractivity contribution >= 4 is 11.8 Å². The van der Waals surface area contributed by atoms with Gasteiger partial charge in [0.25, 0.3) is 5.91 Å². The van der Waals surface area contributed by atoms with Crippen molar-refractivity contribution in [2.24, 2.45) is 0 Å². The third kappa shape index (κ3) is 5.46. The van der Waals surface area contributed by atoms with Crippen molar-refractivity contribution in [2.45, 2.75) is 38.7 Å². The molecule has 2 saturated heterocycles. The van der Waals surface area contributed by atoms with Gasteiger partial charge in [-0.2, -0.15) is 0 Å². The highest BCUT2D eigenvalue weighted by molar-refractivity contribution is 5.95. The van der Waals surface area contributed by atoms with Crippen LogP contribution in [0, 0.1) is 0 Å². The third-order valence-electron chi connectivity index (χ3n) is 6.13. The van der Waals surface area contributed by atoms with Gasteiger partial charge >= 0.3 is 0 Å². The molecule has 0 unspecified atom stereocenters. The predicted octanol–water partition coefficient (Wildman–Crippen LogP) is 2.96. The maximum absolute atomic E-state index is 12.6. The van der Waals surface area contributed by atoms with Gasteiger partial charge in [-0.1, -0.05) is 25.1 Å². The highest BCUT2D eigenvalue weighted by atomic mass is 16.5. The van der Waals surface area contributed by atoms with E-state index in [1.165, 1.54) is 25.9 Å². The van der Waals surface area contributed by atoms with Crippen molar-refractivity contribution in [3.63, 3.8) is 0 Å². The molecular weight excluding hydrogens is 404 g/mol. The van der Waals surface area contributed by atoms with E-state index in [9.17, 15) is 9.59 Å². The van der Waals surface area contributed by atoms with E-state index in [2.05, 4.69) is 15.2 Å². The van der Waals surface area contributed by atoms with Gasteiger partial charge in [-0.3, -0.25) is 14.6 Å². The Labute approximate surface area is 189 Å². The van der Waals surface area contributed by atoms with Crippen molar-refractivity contribution in [1.82, 2.24) is 20.1 Å². The normalized spacial score (nSPS) is 16.6. The first-order valence-electron chi connectivity index (χ1n) is 11.6. The Bertz CT molecular complexity index is 936. The lowest BCUT2D eigenvalue weighted by Gasteiger charge is -2.39. The second kappa shape index (κ2) is 10.6. The van der Waals surface area contributed by atoms with Gasteiger partial charge in [0.1, 0.15) is 11.9 Å². The van der Waals surface area contributed by atoms with E-state index in [-0.39, 0.29) is 17.9 Å². The minimum Gasteiger partial charge on any atom is -0.486 e. The standard InChI is InChI=1S/C25H32N4O3/c1-2-24(30)29-17-21(18-29)32-23-9-4-3-8-22(23)19-14-20(16-26-15-19)25(31)27-10-7-13-28-11-5-6-12-28/h3-4,8-9,14-16,21H,2,5-7,10-13,17-18H2,1H3,(H,27,31). The molecule has 2 fully saturated rings. The first-order valence-corrected chi connectivity index (χ1v) is 11.6. The number of amides is 2. The van der Waals surface area contributed by atoms with E-state index >= 15 is 0 Å². The molecule has 0 bridgehead atoms. The van der Waals surface area contributed by atoms with Gasteiger partial charge in [-0.05, 0) is 51.0 Å². The third-order valence-corrected chi connectivity index (χ3v) is 6.13. The highest BCUT2D eigenvalue weighted by Crippen LogP contribution is 2.31. The quantitative estimate of drug-likeness (QED) is 0.612. The minimum atomic E-state index is -0.105. The Balaban J connectivity index is 1.35. The average molecular weight is 437 g/mol. The zero-order valence-corrected chi connectivity index (χ0v) is 18.8. The molecule has 3 heterocycles. The highest BCUT2D eigenvalue weighted by Gasteiger charge is 2.31. The van der Waals surface area contributed by atoms with Crippen LogP contribution in [0.5, 0.6) is 5.75 Å². The number of hydrogen-bond donors (Lipinski definition) is 1. The summed E-state index contributed by atoms with van der Waals surface area (Å²) in [5, 5.41) is 3.01. The van der Waals surface area contributed by atoms with Gasteiger partial charge in [0.05, 0.1) is 18.7 Å². The Morgan fingerprint density at radius 1 is 1.16 bits per heavy atom. The number of aromatic nitrogens is 1. The smallest absolute Gasteiger partial charge is 0.252 e. The van der Waals surface area contributed by atoms with Gasteiger partial charge in [-0.15, -0.1) is 0 Å². The van der Waals surface area contributed by atoms with Crippen LogP contribution in [0.3, 0.4) is 0 Å². The lowest BCUT2D eigenvalue weighted by Crippen LogP contribution is -2.56. The number of hydrogen-bond acceptors (Lipinski definition) is 5. The van der Waals surface area contributed by atoms with Crippen molar-refractivity contribution < 1.29 is 14.3 Å². The summed E-state index contributed by atoms with van der Waals surface area (Å²) in [6.07, 6.45) is 7.37. The maximum atomic E-state index is 12.6. The molecule has 1 aromatic carbocycles. The predicted molar refractivity (Wildman–Crippen MR) is 124 cm³/mol. The Hall–Kier alpha value is -2.93. The van der Waals surface area contributed by atoms with Gasteiger partial charge in [0.15, 0.2) is 0 Å². The molecule has 0 spiro atoms. The molecule has 4 rings (SSSR count). The first kappa shape index (κ1) is 22.3. The van der Waals surface area contributed by atoms with Crippen molar-refractivity contribution in [3.8, 4) is 16.9 Å². The van der Waals surface area contributed by atoms with E-state index in [1.807, 2.05) is 42.2 Å². The van der Waals surface area contributed by atoms with Crippen LogP contribution in [0.2, 0.25) is 0 Å². The molecule has 0 radical (unpaired) electrons. The lowest BCUT2D eigenvalue weighted by atomic mass is 10.0. The maximum Gasteiger partial charge on any atom is 0.252 e. The topological polar surface area (TPSA) is 74.8 Å². The van der Waals surface area contributed by atoms with E-state index in [0.717, 1.165) is 29.8 Å². The van der Waals surface area contributed by atoms with Crippen LogP contribution in [-0.4, -0.2) is 72.0 Å². The number of benzene rings is 1. The Kier molecular flexibility index (Phi) is 7.37. The molecule has 32 heavy (non-hydrogen) atoms. The van der Waals surface area contributed by atoms with Crippen molar-refractivity contribution in [3.05, 3.63) is 48.3 Å². The van der Waals surface area contributed by atoms with E-state index in [0.29, 0.717) is 31.6 Å². The fourth-order valence-electron chi connectivity index (χ4n) is 4.25. The summed E-state index contributed by atoms with van der Waals surface area (Å²) in [6, 6.07) is 9.62. The second-order valence-corrected chi connectivity index (χ2v) is 8.51. The van der Waals surface area contributed by atoms with Crippen LogP contribution in [0.15, 0.2) is 42.7 Å². The van der Waals surface area contributed by atoms with E-state index in [4.69, 9.17) is 4.74 Å². The number of likely N-dealkylation sites (tertiary alicyclic amines) is 2. The zero-order valence-electron chi connectivity index (χ0n) is 18.8. The number of ether oxygens (including phenoxy) is 1. The zero-order chi connectivity index (χ0) is 22.3. The van der Waals surface area contributed by atoms with Crippen LogP contribution in [0.4, 0.5) is 0 Å². The fourth-order valence-corrected chi connectivity index (χ4v) is 4.25. The van der Waals surface area contributed by atoms with Crippen molar-refractivity contribution in [2.75, 3.05) is 39.3 Å². The molecule has 0 saturated carbocycles. The van der Waals surface area contributed by atoms with Gasteiger partial charge < -0.3 is 19.9 Å². The number of para-hydroxylation sites is 1. The summed E-state index contributed by atoms with van der Waals surface area (Å²) >= 11 is 0. The minimum absolute atomic E-state index is 0.0123. The molecule has 7 heteroatoms. The monoisotopic (exact) mass is 436 g/mol. The van der Waals surface area contributed by atoms with Gasteiger partial charge in [0, 0.05) is 36.5 Å². The SMILES string of the molecule is CCC(=O)N1CC(Oc2ccccc2-c2cncc(C(=O)NCCCN3CCCC3)c2)C1. The molecular formula is C25H32N4O3. The van der Waals surface area contributed by atoms with Crippen LogP contribution in [0.25, 0.3) is 11.1 Å².